The van der Waals surface area contributed by atoms with E-state index >= 15 is 0 Å². The third-order valence-electron chi connectivity index (χ3n) is 7.16. The smallest absolute Gasteiger partial charge is 0.318 e. The number of rotatable bonds is 5. The van der Waals surface area contributed by atoms with Crippen LogP contribution in [0.5, 0.6) is 6.01 Å². The van der Waals surface area contributed by atoms with Crippen LogP contribution in [0.3, 0.4) is 0 Å². The lowest BCUT2D eigenvalue weighted by Crippen LogP contribution is -2.44. The van der Waals surface area contributed by atoms with E-state index < -0.39 is 5.82 Å². The summed E-state index contributed by atoms with van der Waals surface area (Å²) in [6, 6.07) is 2.18. The van der Waals surface area contributed by atoms with Gasteiger partial charge in [0.1, 0.15) is 23.3 Å². The predicted octanol–water partition coefficient (Wildman–Crippen LogP) is 2.55. The van der Waals surface area contributed by atoms with Gasteiger partial charge in [0.2, 0.25) is 0 Å². The first-order valence-corrected chi connectivity index (χ1v) is 12.2. The molecule has 3 aromatic rings. The summed E-state index contributed by atoms with van der Waals surface area (Å²) in [5.41, 5.74) is 3.19. The Bertz CT molecular complexity index is 1210. The van der Waals surface area contributed by atoms with Crippen molar-refractivity contribution in [1.82, 2.24) is 30.4 Å². The number of hydrogen-bond donors (Lipinski definition) is 2. The van der Waals surface area contributed by atoms with Crippen molar-refractivity contribution in [2.45, 2.75) is 32.0 Å². The Hall–Kier alpha value is -2.69. The molecule has 0 amide bonds. The van der Waals surface area contributed by atoms with Gasteiger partial charge in [0.05, 0.1) is 29.6 Å². The summed E-state index contributed by atoms with van der Waals surface area (Å²) in [6.45, 7) is 6.24. The van der Waals surface area contributed by atoms with Crippen LogP contribution in [0.25, 0.3) is 10.9 Å². The van der Waals surface area contributed by atoms with Gasteiger partial charge in [-0.25, -0.2) is 4.39 Å². The van der Waals surface area contributed by atoms with Crippen molar-refractivity contribution in [3.63, 3.8) is 0 Å². The Morgan fingerprint density at radius 2 is 2.03 bits per heavy atom. The number of piperazine rings is 1. The van der Waals surface area contributed by atoms with Crippen LogP contribution in [0, 0.1) is 5.82 Å². The first kappa shape index (κ1) is 21.8. The fourth-order valence-corrected chi connectivity index (χ4v) is 5.54. The number of fused-ring (bicyclic) bond motifs is 2. The van der Waals surface area contributed by atoms with E-state index in [0.717, 1.165) is 61.6 Å². The second kappa shape index (κ2) is 8.83. The van der Waals surface area contributed by atoms with Crippen LogP contribution < -0.4 is 19.9 Å². The van der Waals surface area contributed by atoms with Gasteiger partial charge in [-0.2, -0.15) is 15.1 Å². The maximum atomic E-state index is 14.6. The number of hydrogen-bond acceptors (Lipinski definition) is 8. The minimum atomic E-state index is -0.470. The fourth-order valence-electron chi connectivity index (χ4n) is 5.26. The van der Waals surface area contributed by atoms with Gasteiger partial charge < -0.3 is 24.8 Å². The number of ether oxygens (including phenoxy) is 1. The van der Waals surface area contributed by atoms with Crippen molar-refractivity contribution >= 4 is 34.0 Å². The molecule has 0 aliphatic carbocycles. The van der Waals surface area contributed by atoms with Gasteiger partial charge in [-0.1, -0.05) is 11.6 Å². The number of anilines is 2. The van der Waals surface area contributed by atoms with E-state index in [1.807, 2.05) is 0 Å². The van der Waals surface area contributed by atoms with Crippen LogP contribution >= 0.6 is 11.6 Å². The Kier molecular flexibility index (Phi) is 5.66. The molecule has 3 aliphatic heterocycles. The maximum Gasteiger partial charge on any atom is 0.318 e. The Morgan fingerprint density at radius 3 is 2.82 bits per heavy atom. The number of nitrogens with zero attached hydrogens (tertiary/aromatic N) is 6. The monoisotopic (exact) mass is 486 g/mol. The first-order chi connectivity index (χ1) is 16.6. The van der Waals surface area contributed by atoms with Gasteiger partial charge in [0.25, 0.3) is 0 Å². The van der Waals surface area contributed by atoms with Gasteiger partial charge >= 0.3 is 6.01 Å². The second-order valence-electron chi connectivity index (χ2n) is 9.29. The predicted molar refractivity (Wildman–Crippen MR) is 129 cm³/mol. The summed E-state index contributed by atoms with van der Waals surface area (Å²) < 4.78 is 20.7. The van der Waals surface area contributed by atoms with Crippen LogP contribution in [-0.2, 0) is 13.1 Å². The highest BCUT2D eigenvalue weighted by Crippen LogP contribution is 2.41. The zero-order valence-corrected chi connectivity index (χ0v) is 19.9. The van der Waals surface area contributed by atoms with Crippen molar-refractivity contribution in [3.05, 3.63) is 34.4 Å². The summed E-state index contributed by atoms with van der Waals surface area (Å²) >= 11 is 6.47. The summed E-state index contributed by atoms with van der Waals surface area (Å²) in [5.74, 6) is 0.433. The highest BCUT2D eigenvalue weighted by atomic mass is 35.5. The van der Waals surface area contributed by atoms with Crippen molar-refractivity contribution in [3.8, 4) is 6.01 Å². The quantitative estimate of drug-likeness (QED) is 0.569. The number of H-pyrrole nitrogens is 1. The largest absolute Gasteiger partial charge is 0.462 e. The van der Waals surface area contributed by atoms with Gasteiger partial charge in [0.15, 0.2) is 0 Å². The van der Waals surface area contributed by atoms with Crippen molar-refractivity contribution in [1.29, 1.82) is 0 Å². The molecule has 0 saturated carbocycles. The normalized spacial score (nSPS) is 21.0. The molecule has 6 rings (SSSR count). The van der Waals surface area contributed by atoms with E-state index in [9.17, 15) is 4.39 Å². The molecule has 5 heterocycles. The molecule has 0 spiro atoms. The van der Waals surface area contributed by atoms with Crippen LogP contribution in [0.1, 0.15) is 24.1 Å². The van der Waals surface area contributed by atoms with E-state index in [1.54, 1.807) is 6.20 Å². The molecular weight excluding hydrogens is 459 g/mol. The highest BCUT2D eigenvalue weighted by Gasteiger charge is 2.32. The third-order valence-corrected chi connectivity index (χ3v) is 7.52. The zero-order valence-electron chi connectivity index (χ0n) is 19.2. The minimum Gasteiger partial charge on any atom is -0.462 e. The summed E-state index contributed by atoms with van der Waals surface area (Å²) in [7, 11) is 2.13. The molecular formula is C23H28ClFN8O. The Morgan fingerprint density at radius 1 is 1.18 bits per heavy atom. The number of nitrogens with one attached hydrogen (secondary N) is 2. The molecule has 9 nitrogen and oxygen atoms in total. The molecule has 2 N–H and O–H groups in total. The van der Waals surface area contributed by atoms with Gasteiger partial charge in [-0.15, -0.1) is 0 Å². The van der Waals surface area contributed by atoms with E-state index in [0.29, 0.717) is 43.0 Å². The molecule has 0 unspecified atom stereocenters. The molecule has 34 heavy (non-hydrogen) atoms. The lowest BCUT2D eigenvalue weighted by molar-refractivity contribution is 0.187. The lowest BCUT2D eigenvalue weighted by atomic mass is 10.2. The van der Waals surface area contributed by atoms with Crippen LogP contribution in [0.4, 0.5) is 15.9 Å². The van der Waals surface area contributed by atoms with Gasteiger partial charge in [-0.05, 0) is 26.4 Å². The number of benzene rings is 1. The van der Waals surface area contributed by atoms with Gasteiger partial charge in [-0.3, -0.25) is 5.10 Å². The van der Waals surface area contributed by atoms with E-state index in [1.165, 1.54) is 12.5 Å². The molecule has 2 saturated heterocycles. The average molecular weight is 487 g/mol. The number of halogens is 2. The molecule has 11 heteroatoms. The van der Waals surface area contributed by atoms with Crippen molar-refractivity contribution < 1.29 is 9.13 Å². The van der Waals surface area contributed by atoms with Crippen molar-refractivity contribution in [2.24, 2.45) is 0 Å². The summed E-state index contributed by atoms with van der Waals surface area (Å²) in [5, 5.41) is 11.2. The lowest BCUT2D eigenvalue weighted by Gasteiger charge is -2.30. The number of likely N-dealkylation sites (tertiary alicyclic amines) is 1. The average Bonchev–Trinajstić information content (AvgIpc) is 3.58. The van der Waals surface area contributed by atoms with Crippen LogP contribution in [0.2, 0.25) is 5.02 Å². The van der Waals surface area contributed by atoms with Gasteiger partial charge in [0, 0.05) is 55.8 Å². The van der Waals surface area contributed by atoms with E-state index in [2.05, 4.69) is 37.3 Å². The van der Waals surface area contributed by atoms with E-state index in [-0.39, 0.29) is 5.02 Å². The standard InChI is InChI=1S/C23H28ClFN8O/c1-31-6-2-3-14(31)13-34-23-28-19-12-33(11-16(19)22(29-23)32-7-4-26-5-8-32)21-15-10-27-30-18(15)9-17(25)20(21)24/h9-10,14,26H,2-8,11-13H2,1H3,(H,27,30)/t14-/m0/s1. The molecule has 0 radical (unpaired) electrons. The number of aromatic nitrogens is 4. The fraction of sp³-hybridized carbons (Fsp3) is 0.522. The van der Waals surface area contributed by atoms with Crippen LogP contribution in [0.15, 0.2) is 12.3 Å². The maximum absolute atomic E-state index is 14.6. The SMILES string of the molecule is CN1CCC[C@H]1COc1nc2c(c(N3CCNCC3)n1)CN(c1c(Cl)c(F)cc3[nH]ncc13)C2. The second-order valence-corrected chi connectivity index (χ2v) is 9.67. The molecule has 2 aromatic heterocycles. The van der Waals surface area contributed by atoms with E-state index in [4.69, 9.17) is 26.3 Å². The molecule has 1 atom stereocenters. The summed E-state index contributed by atoms with van der Waals surface area (Å²) in [4.78, 5) is 16.3. The number of likely N-dealkylation sites (N-methyl/N-ethyl adjacent to an activating group) is 1. The van der Waals surface area contributed by atoms with Crippen LogP contribution in [-0.4, -0.2) is 77.5 Å². The molecule has 3 aliphatic rings. The first-order valence-electron chi connectivity index (χ1n) is 11.8. The molecule has 1 aromatic carbocycles. The minimum absolute atomic E-state index is 0.0964. The molecule has 180 valence electrons. The third kappa shape index (κ3) is 3.83. The Labute approximate surface area is 202 Å². The topological polar surface area (TPSA) is 85.4 Å². The Balaban J connectivity index is 1.35. The number of aromatic amines is 1. The zero-order chi connectivity index (χ0) is 23.2. The molecule has 0 bridgehead atoms. The molecule has 2 fully saturated rings. The highest BCUT2D eigenvalue weighted by molar-refractivity contribution is 6.35. The summed E-state index contributed by atoms with van der Waals surface area (Å²) in [6.07, 6.45) is 4.00. The van der Waals surface area contributed by atoms with Crippen molar-refractivity contribution in [2.75, 3.05) is 56.2 Å².